The largest absolute Gasteiger partial charge is 0.398 e. The fourth-order valence-corrected chi connectivity index (χ4v) is 11.8. The highest BCUT2D eigenvalue weighted by Crippen LogP contribution is 2.36. The van der Waals surface area contributed by atoms with Crippen molar-refractivity contribution in [1.29, 1.82) is 0 Å². The summed E-state index contributed by atoms with van der Waals surface area (Å²) in [6, 6.07) is 48.5. The molecule has 0 saturated heterocycles. The number of carbonyl (C=O) groups excluding carboxylic acids is 2. The number of fused-ring (bicyclic) bond motifs is 2. The molecule has 0 fully saturated rings. The fourth-order valence-electron chi connectivity index (χ4n) is 9.65. The van der Waals surface area contributed by atoms with Crippen molar-refractivity contribution < 1.29 is 14.2 Å². The van der Waals surface area contributed by atoms with Crippen LogP contribution in [-0.4, -0.2) is 47.1 Å². The number of nitrogens with zero attached hydrogens (tertiary/aromatic N) is 3. The number of para-hydroxylation sites is 2. The molecule has 0 saturated carbocycles. The first-order valence-electron chi connectivity index (χ1n) is 27.3. The standard InChI is InChI=1S/C66H70N8O2S2/c1-44-38-57(58(41-55(44)67)71-52-19-11-9-12-20-52)72-53-31-32-63(46(3)37-53)77-35-17-7-5-15-33-69-65(75)50-27-23-48(24-28-50)49-25-29-51(30-26-49)66(76)70-34-16-6-8-18-36-78-64-43-62-60(40-47(64)4)73-59-39-45(2)56(68)42-61(59)74(62)54-21-13-10-14-22-54/h9-14,19-30,32,37-43,68,71H,5-8,15-18,31,33-36,67H2,1-4H3,(H2,69,70,75,76)/p+1. The van der Waals surface area contributed by atoms with Crippen LogP contribution in [0.4, 0.5) is 28.4 Å². The lowest BCUT2D eigenvalue weighted by Crippen LogP contribution is -2.33. The maximum absolute atomic E-state index is 13.0. The Balaban J connectivity index is 0.639. The van der Waals surface area contributed by atoms with Gasteiger partial charge in [0, 0.05) is 87.5 Å². The van der Waals surface area contributed by atoms with Gasteiger partial charge in [-0.15, -0.1) is 28.1 Å². The predicted octanol–water partition coefficient (Wildman–Crippen LogP) is 15.3. The monoisotopic (exact) mass is 1070 g/mol. The summed E-state index contributed by atoms with van der Waals surface area (Å²) in [6.07, 6.45) is 13.7. The Morgan fingerprint density at radius 2 is 1.13 bits per heavy atom. The van der Waals surface area contributed by atoms with E-state index in [9.17, 15) is 9.59 Å². The summed E-state index contributed by atoms with van der Waals surface area (Å²) in [5, 5.41) is 9.68. The van der Waals surface area contributed by atoms with Gasteiger partial charge in [-0.25, -0.2) is 4.98 Å². The Kier molecular flexibility index (Phi) is 18.8. The second kappa shape index (κ2) is 26.6. The van der Waals surface area contributed by atoms with Crippen molar-refractivity contribution in [3.63, 3.8) is 0 Å². The molecule has 7 N–H and O–H groups in total. The highest BCUT2D eigenvalue weighted by Gasteiger charge is 2.22. The maximum atomic E-state index is 13.0. The van der Waals surface area contributed by atoms with Gasteiger partial charge in [0.2, 0.25) is 16.7 Å². The molecule has 1 aromatic heterocycles. The molecule has 12 heteroatoms. The van der Waals surface area contributed by atoms with E-state index >= 15 is 0 Å². The number of aryl methyl sites for hydroxylation is 3. The number of unbranched alkanes of at least 4 members (excludes halogenated alkanes) is 6. The molecule has 398 valence electrons. The zero-order valence-electron chi connectivity index (χ0n) is 45.3. The van der Waals surface area contributed by atoms with Gasteiger partial charge in [-0.2, -0.15) is 0 Å². The Morgan fingerprint density at radius 1 is 0.590 bits per heavy atom. The summed E-state index contributed by atoms with van der Waals surface area (Å²) in [5.74, 6) is 1.95. The third-order valence-corrected chi connectivity index (χ3v) is 16.7. The summed E-state index contributed by atoms with van der Waals surface area (Å²) >= 11 is 3.81. The van der Waals surface area contributed by atoms with E-state index in [0.717, 1.165) is 153 Å². The summed E-state index contributed by atoms with van der Waals surface area (Å²) in [6.45, 7) is 9.67. The lowest BCUT2D eigenvalue weighted by Gasteiger charge is -2.16. The van der Waals surface area contributed by atoms with Crippen LogP contribution in [0, 0.1) is 20.8 Å². The molecule has 8 aromatic rings. The van der Waals surface area contributed by atoms with E-state index in [1.807, 2.05) is 134 Å². The molecule has 1 heterocycles. The number of hydrogen-bond acceptors (Lipinski definition) is 9. The minimum absolute atomic E-state index is 0.0605. The summed E-state index contributed by atoms with van der Waals surface area (Å²) in [7, 11) is 0. The van der Waals surface area contributed by atoms with Crippen LogP contribution in [0.5, 0.6) is 0 Å². The Hall–Kier alpha value is -7.67. The summed E-state index contributed by atoms with van der Waals surface area (Å²) in [5.41, 5.74) is 30.8. The van der Waals surface area contributed by atoms with Crippen molar-refractivity contribution >= 4 is 91.6 Å². The first kappa shape index (κ1) is 55.1. The number of rotatable bonds is 23. The average molecular weight is 1070 g/mol. The lowest BCUT2D eigenvalue weighted by atomic mass is 10.0. The van der Waals surface area contributed by atoms with Gasteiger partial charge in [0.1, 0.15) is 11.0 Å². The number of nitrogen functional groups attached to an aromatic ring is 2. The summed E-state index contributed by atoms with van der Waals surface area (Å²) in [4.78, 5) is 38.7. The molecule has 2 amide bonds. The SMILES string of the molecule is CC1=CC(=Nc2cc(C)c(N)cc2Nc2ccccc2)CC=C1SCCCCCCNC(=O)c1ccc(-c2ccc(C(=O)NCCCCCCSc3cc4c(cc3C)nc3cc(C)c(N)cc3[n+]4-c3ccccc3)cc2)cc1. The number of anilines is 4. The van der Waals surface area contributed by atoms with Crippen LogP contribution in [0.1, 0.15) is 102 Å². The molecule has 0 spiro atoms. The quantitative estimate of drug-likeness (QED) is 0.0140. The molecular weight excluding hydrogens is 1000 g/mol. The normalized spacial score (nSPS) is 12.9. The van der Waals surface area contributed by atoms with Gasteiger partial charge in [0.15, 0.2) is 0 Å². The minimum Gasteiger partial charge on any atom is -0.398 e. The number of carbonyl (C=O) groups is 2. The third kappa shape index (κ3) is 14.3. The van der Waals surface area contributed by atoms with Gasteiger partial charge in [-0.3, -0.25) is 14.6 Å². The van der Waals surface area contributed by atoms with Crippen molar-refractivity contribution in [2.45, 2.75) is 90.4 Å². The van der Waals surface area contributed by atoms with Crippen LogP contribution in [-0.2, 0) is 0 Å². The van der Waals surface area contributed by atoms with Gasteiger partial charge in [0.05, 0.1) is 11.4 Å². The Bertz CT molecular complexity index is 3500. The molecule has 0 aliphatic heterocycles. The summed E-state index contributed by atoms with van der Waals surface area (Å²) < 4.78 is 2.28. The van der Waals surface area contributed by atoms with E-state index in [0.29, 0.717) is 24.2 Å². The molecule has 1 aliphatic carbocycles. The zero-order chi connectivity index (χ0) is 54.4. The van der Waals surface area contributed by atoms with Gasteiger partial charge < -0.3 is 27.4 Å². The molecule has 0 unspecified atom stereocenters. The van der Waals surface area contributed by atoms with Crippen LogP contribution in [0.3, 0.4) is 0 Å². The second-order valence-corrected chi connectivity index (χ2v) is 22.5. The fraction of sp³-hybridized carbons (Fsp3) is 0.258. The number of thioether (sulfide) groups is 2. The van der Waals surface area contributed by atoms with E-state index in [1.54, 1.807) is 0 Å². The number of benzene rings is 7. The zero-order valence-corrected chi connectivity index (χ0v) is 47.0. The first-order valence-corrected chi connectivity index (χ1v) is 29.3. The molecule has 0 bridgehead atoms. The molecular formula is C66H71N8O2S2+. The number of hydrogen-bond donors (Lipinski definition) is 5. The van der Waals surface area contributed by atoms with Gasteiger partial charge >= 0.3 is 0 Å². The first-order chi connectivity index (χ1) is 38.0. The molecule has 1 aliphatic rings. The Labute approximate surface area is 468 Å². The number of nitrogens with two attached hydrogens (primary N) is 2. The maximum Gasteiger partial charge on any atom is 0.251 e. The third-order valence-electron chi connectivity index (χ3n) is 14.2. The second-order valence-electron chi connectivity index (χ2n) is 20.2. The smallest absolute Gasteiger partial charge is 0.251 e. The van der Waals surface area contributed by atoms with Crippen LogP contribution >= 0.6 is 23.5 Å². The van der Waals surface area contributed by atoms with Gasteiger partial charge in [-0.1, -0.05) is 92.4 Å². The average Bonchev–Trinajstić information content (AvgIpc) is 3.60. The van der Waals surface area contributed by atoms with E-state index in [-0.39, 0.29) is 11.8 Å². The van der Waals surface area contributed by atoms with E-state index in [4.69, 9.17) is 21.4 Å². The van der Waals surface area contributed by atoms with Gasteiger partial charge in [-0.05, 0) is 165 Å². The number of nitrogens with one attached hydrogen (secondary N) is 3. The number of aliphatic imine (C=N–C) groups is 1. The predicted molar refractivity (Wildman–Crippen MR) is 330 cm³/mol. The number of allylic oxidation sites excluding steroid dienone is 3. The van der Waals surface area contributed by atoms with Crippen molar-refractivity contribution in [3.05, 3.63) is 196 Å². The minimum atomic E-state index is -0.0641. The molecule has 7 aromatic carbocycles. The van der Waals surface area contributed by atoms with Crippen molar-refractivity contribution in [2.24, 2.45) is 4.99 Å². The van der Waals surface area contributed by atoms with E-state index in [2.05, 4.69) is 95.0 Å². The van der Waals surface area contributed by atoms with Crippen LogP contribution in [0.25, 0.3) is 38.9 Å². The molecule has 9 rings (SSSR count). The van der Waals surface area contributed by atoms with E-state index in [1.165, 1.54) is 20.9 Å². The highest BCUT2D eigenvalue weighted by atomic mass is 32.2. The van der Waals surface area contributed by atoms with Crippen molar-refractivity contribution in [3.8, 4) is 16.8 Å². The molecule has 0 atom stereocenters. The highest BCUT2D eigenvalue weighted by molar-refractivity contribution is 8.03. The topological polar surface area (TPSA) is 151 Å². The Morgan fingerprint density at radius 3 is 1.74 bits per heavy atom. The van der Waals surface area contributed by atoms with Crippen LogP contribution < -0.4 is 32.0 Å². The van der Waals surface area contributed by atoms with Crippen molar-refractivity contribution in [2.75, 3.05) is 41.4 Å². The lowest BCUT2D eigenvalue weighted by molar-refractivity contribution is -0.538. The molecule has 10 nitrogen and oxygen atoms in total. The van der Waals surface area contributed by atoms with Crippen LogP contribution in [0.15, 0.2) is 178 Å². The number of amides is 2. The number of aromatic nitrogens is 2. The van der Waals surface area contributed by atoms with Gasteiger partial charge in [0.25, 0.3) is 11.8 Å². The molecule has 0 radical (unpaired) electrons. The van der Waals surface area contributed by atoms with E-state index < -0.39 is 0 Å². The van der Waals surface area contributed by atoms with Crippen molar-refractivity contribution in [1.82, 2.24) is 15.6 Å². The van der Waals surface area contributed by atoms with Crippen LogP contribution in [0.2, 0.25) is 0 Å². The molecule has 78 heavy (non-hydrogen) atoms.